The molecule has 3 aromatic carbocycles. The second kappa shape index (κ2) is 11.2. The number of para-hydroxylation sites is 1. The van der Waals surface area contributed by atoms with Gasteiger partial charge in [-0.15, -0.1) is 0 Å². The van der Waals surface area contributed by atoms with Gasteiger partial charge in [0, 0.05) is 18.0 Å². The largest absolute Gasteiger partial charge is 0.508 e. The molecule has 4 aliphatic rings. The van der Waals surface area contributed by atoms with Crippen LogP contribution < -0.4 is 9.64 Å². The standard InChI is InChI=1S/C36H32ClFN2O7/c1-36-25(33(44)40(35(36)46)19-8-13-27(38)26(37)16-19)17-24-21(30(36)23-4-3-5-28(47-2)31(23)42)11-12-22-29(24)34(45)39(32(22)43)15-14-18-6-9-20(41)10-7-18/h3-11,13,16,22,24-25,29-30,41-42H,12,14-15,17H2,1-2H3. The van der Waals surface area contributed by atoms with Crippen LogP contribution in [0.15, 0.2) is 72.3 Å². The third kappa shape index (κ3) is 4.56. The maximum absolute atomic E-state index is 14.5. The van der Waals surface area contributed by atoms with Gasteiger partial charge in [-0.1, -0.05) is 47.5 Å². The Morgan fingerprint density at radius 1 is 0.979 bits per heavy atom. The van der Waals surface area contributed by atoms with E-state index in [0.29, 0.717) is 12.0 Å². The molecule has 0 aromatic heterocycles. The number of ether oxygens (including phenoxy) is 1. The second-order valence-corrected chi connectivity index (χ2v) is 13.3. The summed E-state index contributed by atoms with van der Waals surface area (Å²) in [5, 5.41) is 20.8. The number of hydrogen-bond acceptors (Lipinski definition) is 7. The van der Waals surface area contributed by atoms with Gasteiger partial charge in [0.1, 0.15) is 11.6 Å². The molecule has 9 nitrogen and oxygen atoms in total. The molecular formula is C36H32ClFN2O7. The number of carbonyl (C=O) groups is 4. The molecule has 47 heavy (non-hydrogen) atoms. The van der Waals surface area contributed by atoms with Crippen molar-refractivity contribution in [3.8, 4) is 17.2 Å². The van der Waals surface area contributed by atoms with E-state index in [0.717, 1.165) is 22.1 Å². The van der Waals surface area contributed by atoms with Gasteiger partial charge in [0.2, 0.25) is 23.6 Å². The van der Waals surface area contributed by atoms with Crippen LogP contribution in [0, 0.1) is 34.9 Å². The van der Waals surface area contributed by atoms with Gasteiger partial charge in [-0.05, 0) is 74.1 Å². The number of phenols is 2. The van der Waals surface area contributed by atoms with Gasteiger partial charge in [0.25, 0.3) is 0 Å². The predicted molar refractivity (Wildman–Crippen MR) is 169 cm³/mol. The highest BCUT2D eigenvalue weighted by atomic mass is 35.5. The SMILES string of the molecule is COc1cccc(C2C3=CCC4C(=O)N(CCc5ccc(O)cc5)C(=O)C4C3CC3C(=O)N(c4ccc(F)c(Cl)c4)C(=O)C32C)c1O. The number of hydrogen-bond donors (Lipinski definition) is 2. The van der Waals surface area contributed by atoms with E-state index in [4.69, 9.17) is 16.3 Å². The summed E-state index contributed by atoms with van der Waals surface area (Å²) in [6.07, 6.45) is 2.70. The molecule has 0 spiro atoms. The van der Waals surface area contributed by atoms with E-state index in [-0.39, 0.29) is 59.2 Å². The number of halogens is 2. The monoisotopic (exact) mass is 658 g/mol. The highest BCUT2D eigenvalue weighted by Gasteiger charge is 2.68. The summed E-state index contributed by atoms with van der Waals surface area (Å²) < 4.78 is 19.5. The summed E-state index contributed by atoms with van der Waals surface area (Å²) in [7, 11) is 1.41. The summed E-state index contributed by atoms with van der Waals surface area (Å²) >= 11 is 6.06. The van der Waals surface area contributed by atoms with E-state index >= 15 is 0 Å². The van der Waals surface area contributed by atoms with Crippen LogP contribution in [-0.2, 0) is 25.6 Å². The van der Waals surface area contributed by atoms with Gasteiger partial charge in [0.15, 0.2) is 11.5 Å². The molecule has 7 rings (SSSR count). The summed E-state index contributed by atoms with van der Waals surface area (Å²) in [6, 6.07) is 15.2. The lowest BCUT2D eigenvalue weighted by molar-refractivity contribution is -0.140. The topological polar surface area (TPSA) is 124 Å². The molecule has 2 N–H and O–H groups in total. The number of rotatable bonds is 6. The lowest BCUT2D eigenvalue weighted by Crippen LogP contribution is -2.49. The zero-order valence-electron chi connectivity index (χ0n) is 25.7. The van der Waals surface area contributed by atoms with Crippen LogP contribution in [0.3, 0.4) is 0 Å². The number of allylic oxidation sites excluding steroid dienone is 2. The molecule has 242 valence electrons. The normalized spacial score (nSPS) is 28.3. The van der Waals surface area contributed by atoms with E-state index in [1.54, 1.807) is 49.4 Å². The molecular weight excluding hydrogens is 627 g/mol. The van der Waals surface area contributed by atoms with Crippen molar-refractivity contribution < 1.29 is 38.5 Å². The lowest BCUT2D eigenvalue weighted by Gasteiger charge is -2.49. The van der Waals surface area contributed by atoms with Gasteiger partial charge >= 0.3 is 0 Å². The zero-order valence-corrected chi connectivity index (χ0v) is 26.4. The van der Waals surface area contributed by atoms with Gasteiger partial charge in [-0.3, -0.25) is 24.1 Å². The maximum atomic E-state index is 14.5. The van der Waals surface area contributed by atoms with Crippen molar-refractivity contribution in [2.24, 2.45) is 29.1 Å². The maximum Gasteiger partial charge on any atom is 0.241 e. The highest BCUT2D eigenvalue weighted by molar-refractivity contribution is 6.31. The molecule has 2 heterocycles. The molecule has 2 saturated heterocycles. The number of anilines is 1. The summed E-state index contributed by atoms with van der Waals surface area (Å²) in [4.78, 5) is 58.9. The second-order valence-electron chi connectivity index (χ2n) is 12.9. The predicted octanol–water partition coefficient (Wildman–Crippen LogP) is 5.37. The number of amides is 4. The Kier molecular flexibility index (Phi) is 7.39. The Morgan fingerprint density at radius 3 is 2.43 bits per heavy atom. The highest BCUT2D eigenvalue weighted by Crippen LogP contribution is 2.64. The van der Waals surface area contributed by atoms with Crippen molar-refractivity contribution >= 4 is 40.9 Å². The first-order valence-electron chi connectivity index (χ1n) is 15.5. The Bertz CT molecular complexity index is 1880. The average Bonchev–Trinajstić information content (AvgIpc) is 3.41. The molecule has 3 aromatic rings. The third-order valence-corrected chi connectivity index (χ3v) is 10.9. The average molecular weight is 659 g/mol. The van der Waals surface area contributed by atoms with Crippen LogP contribution in [0.5, 0.6) is 17.2 Å². The third-order valence-electron chi connectivity index (χ3n) is 10.6. The molecule has 2 aliphatic carbocycles. The number of imide groups is 2. The molecule has 11 heteroatoms. The number of nitrogens with zero attached hydrogens (tertiary/aromatic N) is 2. The molecule has 0 bridgehead atoms. The Hall–Kier alpha value is -4.70. The fourth-order valence-corrected chi connectivity index (χ4v) is 8.53. The summed E-state index contributed by atoms with van der Waals surface area (Å²) in [5.74, 6) is -5.94. The molecule has 0 radical (unpaired) electrons. The first-order valence-corrected chi connectivity index (χ1v) is 15.9. The molecule has 4 amide bonds. The van der Waals surface area contributed by atoms with Crippen molar-refractivity contribution in [3.63, 3.8) is 0 Å². The minimum absolute atomic E-state index is 0.119. The van der Waals surface area contributed by atoms with Crippen molar-refractivity contribution in [3.05, 3.63) is 94.3 Å². The van der Waals surface area contributed by atoms with E-state index in [1.165, 1.54) is 24.1 Å². The minimum atomic E-state index is -1.40. The number of methoxy groups -OCH3 is 1. The van der Waals surface area contributed by atoms with Crippen LogP contribution in [0.25, 0.3) is 0 Å². The number of fused-ring (bicyclic) bond motifs is 4. The first kappa shape index (κ1) is 30.9. The van der Waals surface area contributed by atoms with E-state index in [1.807, 2.05) is 6.08 Å². The van der Waals surface area contributed by atoms with Crippen LogP contribution >= 0.6 is 11.6 Å². The van der Waals surface area contributed by atoms with Gasteiger partial charge in [-0.2, -0.15) is 0 Å². The fraction of sp³-hybridized carbons (Fsp3) is 0.333. The molecule has 2 aliphatic heterocycles. The van der Waals surface area contributed by atoms with Gasteiger partial charge < -0.3 is 14.9 Å². The molecule has 6 atom stereocenters. The van der Waals surface area contributed by atoms with Crippen molar-refractivity contribution in [2.75, 3.05) is 18.6 Å². The number of carbonyl (C=O) groups excluding carboxylic acids is 4. The first-order chi connectivity index (χ1) is 22.5. The Morgan fingerprint density at radius 2 is 1.72 bits per heavy atom. The van der Waals surface area contributed by atoms with Crippen LogP contribution in [0.2, 0.25) is 5.02 Å². The number of benzene rings is 3. The summed E-state index contributed by atoms with van der Waals surface area (Å²) in [5.41, 5.74) is 0.664. The summed E-state index contributed by atoms with van der Waals surface area (Å²) in [6.45, 7) is 1.86. The van der Waals surface area contributed by atoms with E-state index < -0.39 is 52.6 Å². The van der Waals surface area contributed by atoms with Gasteiger partial charge in [0.05, 0.1) is 41.0 Å². The minimum Gasteiger partial charge on any atom is -0.508 e. The van der Waals surface area contributed by atoms with Crippen molar-refractivity contribution in [1.29, 1.82) is 0 Å². The van der Waals surface area contributed by atoms with E-state index in [9.17, 15) is 33.8 Å². The number of phenolic OH excluding ortho intramolecular Hbond substituents is 2. The zero-order chi connectivity index (χ0) is 33.4. The number of aromatic hydroxyl groups is 2. The van der Waals surface area contributed by atoms with Gasteiger partial charge in [-0.25, -0.2) is 9.29 Å². The van der Waals surface area contributed by atoms with Crippen LogP contribution in [-0.4, -0.2) is 52.4 Å². The van der Waals surface area contributed by atoms with E-state index in [2.05, 4.69) is 0 Å². The Labute approximate surface area is 275 Å². The molecule has 3 fully saturated rings. The molecule has 6 unspecified atom stereocenters. The number of likely N-dealkylation sites (tertiary alicyclic amines) is 1. The molecule has 1 saturated carbocycles. The smallest absolute Gasteiger partial charge is 0.241 e. The van der Waals surface area contributed by atoms with Crippen molar-refractivity contribution in [1.82, 2.24) is 4.90 Å². The lowest BCUT2D eigenvalue weighted by atomic mass is 9.51. The quantitative estimate of drug-likeness (QED) is 0.270. The van der Waals surface area contributed by atoms with Crippen molar-refractivity contribution in [2.45, 2.75) is 32.1 Å². The fourth-order valence-electron chi connectivity index (χ4n) is 8.36. The Balaban J connectivity index is 1.31. The van der Waals surface area contributed by atoms with Crippen LogP contribution in [0.1, 0.15) is 36.8 Å². The van der Waals surface area contributed by atoms with Crippen LogP contribution in [0.4, 0.5) is 10.1 Å².